The van der Waals surface area contributed by atoms with E-state index >= 15 is 0 Å². The molecular weight excluding hydrogens is 647 g/mol. The maximum absolute atomic E-state index is 12.7. The fraction of sp³-hybridized carbons (Fsp3) is 0.717. The van der Waals surface area contributed by atoms with Gasteiger partial charge in [-0.2, -0.15) is 0 Å². The van der Waals surface area contributed by atoms with Crippen molar-refractivity contribution < 1.29 is 24.2 Å². The Morgan fingerprint density at radius 3 is 1.50 bits per heavy atom. The summed E-state index contributed by atoms with van der Waals surface area (Å²) in [6, 6.07) is 0. The van der Waals surface area contributed by atoms with Crippen molar-refractivity contribution >= 4 is 17.8 Å². The van der Waals surface area contributed by atoms with Crippen LogP contribution in [0.15, 0.2) is 60.8 Å². The molecule has 0 bridgehead atoms. The van der Waals surface area contributed by atoms with Crippen molar-refractivity contribution in [3.8, 4) is 0 Å². The molecule has 52 heavy (non-hydrogen) atoms. The Morgan fingerprint density at radius 2 is 0.942 bits per heavy atom. The first kappa shape index (κ1) is 49.1. The molecule has 0 heterocycles. The first-order valence-electron chi connectivity index (χ1n) is 21.4. The van der Waals surface area contributed by atoms with E-state index in [9.17, 15) is 14.4 Å². The number of esters is 1. The maximum atomic E-state index is 12.7. The van der Waals surface area contributed by atoms with Crippen LogP contribution in [0.4, 0.5) is 0 Å². The molecule has 0 aromatic rings. The fourth-order valence-electron chi connectivity index (χ4n) is 5.94. The molecule has 0 aromatic heterocycles. The second-order valence-corrected chi connectivity index (χ2v) is 14.2. The lowest BCUT2D eigenvalue weighted by molar-refractivity contribution is -0.147. The number of rotatable bonds is 38. The number of amides is 1. The van der Waals surface area contributed by atoms with Crippen LogP contribution in [0.25, 0.3) is 0 Å². The number of carboxylic acids is 1. The molecule has 0 saturated carbocycles. The van der Waals surface area contributed by atoms with Gasteiger partial charge in [0.2, 0.25) is 5.91 Å². The summed E-state index contributed by atoms with van der Waals surface area (Å²) in [6.45, 7) is 4.17. The summed E-state index contributed by atoms with van der Waals surface area (Å²) < 4.78 is 5.91. The summed E-state index contributed by atoms with van der Waals surface area (Å²) in [6.07, 6.45) is 53.7. The van der Waals surface area contributed by atoms with E-state index in [2.05, 4.69) is 79.9 Å². The highest BCUT2D eigenvalue weighted by atomic mass is 16.5. The summed E-state index contributed by atoms with van der Waals surface area (Å²) in [5.41, 5.74) is 0. The smallest absolute Gasteiger partial charge is 0.322 e. The minimum absolute atomic E-state index is 0.0843. The summed E-state index contributed by atoms with van der Waals surface area (Å²) in [5.74, 6) is -1.30. The zero-order chi connectivity index (χ0) is 38.0. The fourth-order valence-corrected chi connectivity index (χ4v) is 5.94. The molecular formula is C46H79NO5. The van der Waals surface area contributed by atoms with Crippen molar-refractivity contribution in [1.29, 1.82) is 0 Å². The van der Waals surface area contributed by atoms with Crippen LogP contribution in [-0.4, -0.2) is 35.6 Å². The monoisotopic (exact) mass is 726 g/mol. The standard InChI is InChI=1S/C46H79NO5/c1-3-5-7-9-11-13-14-15-16-17-18-19-20-21-22-23-24-25-27-33-37-41-46(51)52-43(38-34-30-26-12-10-8-6-4-2)39-35-31-28-29-32-36-40-44(48)47-42-45(49)50/h12,14-15,17-18,20-21,26,34,38,43H,3-11,13,16,19,22-25,27-33,35-37,39-42H2,1-2H3,(H,47,48)(H,49,50)/b15-14-,18-17-,21-20-,26-12-,38-34-. The summed E-state index contributed by atoms with van der Waals surface area (Å²) in [4.78, 5) is 34.9. The lowest BCUT2D eigenvalue weighted by Gasteiger charge is -2.14. The molecule has 298 valence electrons. The van der Waals surface area contributed by atoms with Crippen LogP contribution >= 0.6 is 0 Å². The minimum Gasteiger partial charge on any atom is -0.480 e. The molecule has 0 aliphatic rings. The Labute approximate surface area is 320 Å². The predicted octanol–water partition coefficient (Wildman–Crippen LogP) is 13.2. The molecule has 0 radical (unpaired) electrons. The zero-order valence-corrected chi connectivity index (χ0v) is 33.6. The van der Waals surface area contributed by atoms with Crippen molar-refractivity contribution in [2.45, 2.75) is 206 Å². The van der Waals surface area contributed by atoms with Gasteiger partial charge in [-0.3, -0.25) is 14.4 Å². The molecule has 1 atom stereocenters. The van der Waals surface area contributed by atoms with Gasteiger partial charge >= 0.3 is 11.9 Å². The van der Waals surface area contributed by atoms with Crippen molar-refractivity contribution in [3.63, 3.8) is 0 Å². The van der Waals surface area contributed by atoms with E-state index in [1.165, 1.54) is 83.5 Å². The van der Waals surface area contributed by atoms with E-state index in [1.807, 2.05) is 0 Å². The Balaban J connectivity index is 4.12. The molecule has 1 unspecified atom stereocenters. The average Bonchev–Trinajstić information content (AvgIpc) is 3.13. The molecule has 6 nitrogen and oxygen atoms in total. The molecule has 0 saturated heterocycles. The lowest BCUT2D eigenvalue weighted by atomic mass is 10.1. The van der Waals surface area contributed by atoms with Gasteiger partial charge in [0, 0.05) is 12.8 Å². The number of hydrogen-bond acceptors (Lipinski definition) is 4. The van der Waals surface area contributed by atoms with Gasteiger partial charge in [0.15, 0.2) is 0 Å². The lowest BCUT2D eigenvalue weighted by Crippen LogP contribution is -2.28. The van der Waals surface area contributed by atoms with Crippen molar-refractivity contribution in [3.05, 3.63) is 60.8 Å². The molecule has 0 aliphatic heterocycles. The quantitative estimate of drug-likeness (QED) is 0.0375. The van der Waals surface area contributed by atoms with Gasteiger partial charge < -0.3 is 15.2 Å². The van der Waals surface area contributed by atoms with E-state index in [4.69, 9.17) is 9.84 Å². The van der Waals surface area contributed by atoms with E-state index < -0.39 is 5.97 Å². The Kier molecular flexibility index (Phi) is 38.6. The van der Waals surface area contributed by atoms with Crippen LogP contribution < -0.4 is 5.32 Å². The number of ether oxygens (including phenoxy) is 1. The highest BCUT2D eigenvalue weighted by molar-refractivity contribution is 5.80. The number of aliphatic carboxylic acids is 1. The van der Waals surface area contributed by atoms with Gasteiger partial charge in [-0.15, -0.1) is 0 Å². The highest BCUT2D eigenvalue weighted by Gasteiger charge is 2.11. The van der Waals surface area contributed by atoms with Crippen LogP contribution in [0.3, 0.4) is 0 Å². The summed E-state index contributed by atoms with van der Waals surface area (Å²) >= 11 is 0. The third kappa shape index (κ3) is 39.9. The molecule has 0 aliphatic carbocycles. The van der Waals surface area contributed by atoms with Crippen LogP contribution in [0, 0.1) is 0 Å². The third-order valence-electron chi connectivity index (χ3n) is 9.15. The van der Waals surface area contributed by atoms with Crippen molar-refractivity contribution in [2.24, 2.45) is 0 Å². The second kappa shape index (κ2) is 40.9. The number of allylic oxidation sites excluding steroid dienone is 9. The maximum Gasteiger partial charge on any atom is 0.322 e. The third-order valence-corrected chi connectivity index (χ3v) is 9.15. The Hall–Kier alpha value is -2.89. The largest absolute Gasteiger partial charge is 0.480 e. The van der Waals surface area contributed by atoms with Gasteiger partial charge in [-0.1, -0.05) is 158 Å². The van der Waals surface area contributed by atoms with Crippen molar-refractivity contribution in [1.82, 2.24) is 5.32 Å². The van der Waals surface area contributed by atoms with E-state index in [0.29, 0.717) is 12.8 Å². The van der Waals surface area contributed by atoms with Gasteiger partial charge in [0.05, 0.1) is 0 Å². The molecule has 2 N–H and O–H groups in total. The topological polar surface area (TPSA) is 92.7 Å². The molecule has 1 amide bonds. The normalized spacial score (nSPS) is 12.7. The Bertz CT molecular complexity index is 979. The van der Waals surface area contributed by atoms with Crippen LogP contribution in [0.2, 0.25) is 0 Å². The molecule has 0 spiro atoms. The molecule has 0 rings (SSSR count). The number of carboxylic acid groups (broad SMARTS) is 1. The number of hydrogen-bond donors (Lipinski definition) is 2. The van der Waals surface area contributed by atoms with Gasteiger partial charge in [-0.05, 0) is 89.5 Å². The molecule has 0 fully saturated rings. The molecule has 0 aromatic carbocycles. The van der Waals surface area contributed by atoms with Gasteiger partial charge in [0.25, 0.3) is 0 Å². The summed E-state index contributed by atoms with van der Waals surface area (Å²) in [5, 5.41) is 11.0. The van der Waals surface area contributed by atoms with Crippen LogP contribution in [0.5, 0.6) is 0 Å². The summed E-state index contributed by atoms with van der Waals surface area (Å²) in [7, 11) is 0. The van der Waals surface area contributed by atoms with Crippen LogP contribution in [0.1, 0.15) is 200 Å². The first-order chi connectivity index (χ1) is 25.5. The van der Waals surface area contributed by atoms with E-state index in [1.54, 1.807) is 0 Å². The SMILES string of the molecule is CCCCC/C=C\C/C=C\C(CCCCCCCCC(=O)NCC(=O)O)OC(=O)CCCCCCCC/C=C\C/C=C\C/C=C\CCCCCCC. The van der Waals surface area contributed by atoms with Gasteiger partial charge in [-0.25, -0.2) is 0 Å². The number of unbranched alkanes of at least 4 members (excludes halogenated alkanes) is 19. The molecule has 6 heteroatoms. The predicted molar refractivity (Wildman–Crippen MR) is 221 cm³/mol. The first-order valence-corrected chi connectivity index (χ1v) is 21.4. The average molecular weight is 726 g/mol. The van der Waals surface area contributed by atoms with E-state index in [0.717, 1.165) is 89.9 Å². The number of nitrogens with one attached hydrogen (secondary N) is 1. The highest BCUT2D eigenvalue weighted by Crippen LogP contribution is 2.15. The van der Waals surface area contributed by atoms with Gasteiger partial charge in [0.1, 0.15) is 12.6 Å². The zero-order valence-electron chi connectivity index (χ0n) is 33.6. The van der Waals surface area contributed by atoms with E-state index in [-0.39, 0.29) is 24.5 Å². The minimum atomic E-state index is -1.02. The number of carbonyl (C=O) groups excluding carboxylic acids is 2. The van der Waals surface area contributed by atoms with Crippen molar-refractivity contribution in [2.75, 3.05) is 6.54 Å². The number of carbonyl (C=O) groups is 3. The van der Waals surface area contributed by atoms with Crippen LogP contribution in [-0.2, 0) is 19.1 Å². The second-order valence-electron chi connectivity index (χ2n) is 14.2. The Morgan fingerprint density at radius 1 is 0.519 bits per heavy atom.